The van der Waals surface area contributed by atoms with Gasteiger partial charge in [0.25, 0.3) is 0 Å². The molecule has 0 unspecified atom stereocenters. The van der Waals surface area contributed by atoms with E-state index in [1.807, 2.05) is 10.7 Å². The van der Waals surface area contributed by atoms with E-state index in [0.717, 1.165) is 17.0 Å². The summed E-state index contributed by atoms with van der Waals surface area (Å²) in [5.74, 6) is -0.287. The van der Waals surface area contributed by atoms with Gasteiger partial charge in [0.2, 0.25) is 10.0 Å². The Morgan fingerprint density at radius 2 is 1.81 bits per heavy atom. The summed E-state index contributed by atoms with van der Waals surface area (Å²) >= 11 is 0. The molecule has 0 aliphatic carbocycles. The summed E-state index contributed by atoms with van der Waals surface area (Å²) in [7, 11) is -3.47. The van der Waals surface area contributed by atoms with Crippen LogP contribution in [-0.4, -0.2) is 58.8 Å². The molecule has 8 nitrogen and oxygen atoms in total. The molecule has 32 heavy (non-hydrogen) atoms. The Bertz CT molecular complexity index is 1190. The van der Waals surface area contributed by atoms with E-state index in [1.165, 1.54) is 16.4 Å². The highest BCUT2D eigenvalue weighted by molar-refractivity contribution is 7.89. The molecule has 0 saturated carbocycles. The Hall–Kier alpha value is -2.66. The van der Waals surface area contributed by atoms with E-state index in [4.69, 9.17) is 4.74 Å². The lowest BCUT2D eigenvalue weighted by atomic mass is 10.1. The lowest BCUT2D eigenvalue weighted by Crippen LogP contribution is -2.48. The van der Waals surface area contributed by atoms with Crippen LogP contribution in [0.4, 0.5) is 4.39 Å². The first-order chi connectivity index (χ1) is 15.5. The third-order valence-corrected chi connectivity index (χ3v) is 7.90. The van der Waals surface area contributed by atoms with E-state index >= 15 is 0 Å². The Morgan fingerprint density at radius 3 is 2.56 bits per heavy atom. The number of aromatic nitrogens is 3. The van der Waals surface area contributed by atoms with Crippen molar-refractivity contribution in [2.75, 3.05) is 26.2 Å². The maximum absolute atomic E-state index is 13.5. The number of ether oxygens (including phenoxy) is 1. The van der Waals surface area contributed by atoms with Crippen molar-refractivity contribution in [2.45, 2.75) is 30.7 Å². The van der Waals surface area contributed by atoms with Crippen LogP contribution in [0.15, 0.2) is 59.5 Å². The van der Waals surface area contributed by atoms with Crippen LogP contribution in [0, 0.1) is 5.82 Å². The zero-order valence-electron chi connectivity index (χ0n) is 17.5. The molecule has 0 bridgehead atoms. The number of nitrogens with zero attached hydrogens (tertiary/aromatic N) is 5. The van der Waals surface area contributed by atoms with Crippen LogP contribution < -0.4 is 0 Å². The summed E-state index contributed by atoms with van der Waals surface area (Å²) in [6, 6.07) is 14.9. The molecule has 0 N–H and O–H groups in total. The third-order valence-electron chi connectivity index (χ3n) is 5.98. The van der Waals surface area contributed by atoms with Gasteiger partial charge < -0.3 is 4.74 Å². The number of sulfonamides is 1. The average Bonchev–Trinajstić information content (AvgIpc) is 3.22. The highest BCUT2D eigenvalue weighted by Gasteiger charge is 2.30. The predicted octanol–water partition coefficient (Wildman–Crippen LogP) is 2.20. The van der Waals surface area contributed by atoms with Gasteiger partial charge in [0.15, 0.2) is 0 Å². The number of hydrogen-bond acceptors (Lipinski definition) is 6. The number of piperazine rings is 1. The van der Waals surface area contributed by atoms with E-state index in [0.29, 0.717) is 50.8 Å². The number of halogens is 1. The normalized spacial score (nSPS) is 20.2. The minimum Gasteiger partial charge on any atom is -0.365 e. The summed E-state index contributed by atoms with van der Waals surface area (Å²) < 4.78 is 48.5. The summed E-state index contributed by atoms with van der Waals surface area (Å²) in [5, 5.41) is 8.61. The van der Waals surface area contributed by atoms with Crippen molar-refractivity contribution in [3.05, 3.63) is 77.4 Å². The van der Waals surface area contributed by atoms with Crippen molar-refractivity contribution in [2.24, 2.45) is 0 Å². The fourth-order valence-corrected chi connectivity index (χ4v) is 5.62. The molecule has 3 heterocycles. The monoisotopic (exact) mass is 457 g/mol. The van der Waals surface area contributed by atoms with Crippen LogP contribution >= 0.6 is 0 Å². The van der Waals surface area contributed by atoms with Gasteiger partial charge in [-0.1, -0.05) is 35.5 Å². The number of rotatable bonds is 5. The fourth-order valence-electron chi connectivity index (χ4n) is 4.18. The molecule has 1 fully saturated rings. The van der Waals surface area contributed by atoms with Gasteiger partial charge in [-0.3, -0.25) is 4.90 Å². The third kappa shape index (κ3) is 4.18. The van der Waals surface area contributed by atoms with E-state index in [-0.39, 0.29) is 11.9 Å². The second-order valence-electron chi connectivity index (χ2n) is 8.01. The summed E-state index contributed by atoms with van der Waals surface area (Å²) in [4.78, 5) is 2.51. The van der Waals surface area contributed by atoms with Gasteiger partial charge >= 0.3 is 0 Å². The molecule has 0 amide bonds. The molecular weight excluding hydrogens is 433 g/mol. The highest BCUT2D eigenvalue weighted by atomic mass is 32.2. The van der Waals surface area contributed by atoms with E-state index in [1.54, 1.807) is 36.4 Å². The Morgan fingerprint density at radius 1 is 1.03 bits per heavy atom. The maximum atomic E-state index is 13.5. The van der Waals surface area contributed by atoms with Crippen molar-refractivity contribution in [3.8, 4) is 0 Å². The fraction of sp³-hybridized carbons (Fsp3) is 0.364. The van der Waals surface area contributed by atoms with E-state index in [2.05, 4.69) is 15.2 Å². The van der Waals surface area contributed by atoms with Crippen LogP contribution in [0.2, 0.25) is 0 Å². The van der Waals surface area contributed by atoms with Crippen molar-refractivity contribution in [3.63, 3.8) is 0 Å². The summed E-state index contributed by atoms with van der Waals surface area (Å²) in [5.41, 5.74) is 2.53. The topological polar surface area (TPSA) is 80.6 Å². The van der Waals surface area contributed by atoms with Crippen LogP contribution in [0.5, 0.6) is 0 Å². The minimum atomic E-state index is -3.47. The standard InChI is InChI=1S/C22H24FN5O3S/c23-18-6-4-5-17(13-18)22-15-28-21(16-31-22)20(24-25-28)14-26-9-11-27(12-10-26)32(29,30)19-7-2-1-3-8-19/h1-8,13,22H,9-12,14-16H2/t22-/m0/s1. The SMILES string of the molecule is O=S(=O)(c1ccccc1)N1CCN(Cc2nnn3c2CO[C@H](c2cccc(F)c2)C3)CC1. The van der Waals surface area contributed by atoms with Gasteiger partial charge in [-0.25, -0.2) is 17.5 Å². The molecule has 168 valence electrons. The van der Waals surface area contributed by atoms with Crippen molar-refractivity contribution < 1.29 is 17.5 Å². The van der Waals surface area contributed by atoms with Gasteiger partial charge in [-0.2, -0.15) is 4.31 Å². The predicted molar refractivity (Wildman–Crippen MR) is 114 cm³/mol. The van der Waals surface area contributed by atoms with Gasteiger partial charge in [0, 0.05) is 32.7 Å². The van der Waals surface area contributed by atoms with Crippen LogP contribution in [0.3, 0.4) is 0 Å². The van der Waals surface area contributed by atoms with Gasteiger partial charge in [0.05, 0.1) is 23.7 Å². The molecule has 1 atom stereocenters. The smallest absolute Gasteiger partial charge is 0.243 e. The van der Waals surface area contributed by atoms with Gasteiger partial charge in [-0.15, -0.1) is 5.10 Å². The van der Waals surface area contributed by atoms with Gasteiger partial charge in [0.1, 0.15) is 17.6 Å². The highest BCUT2D eigenvalue weighted by Crippen LogP contribution is 2.28. The van der Waals surface area contributed by atoms with Crippen LogP contribution in [-0.2, 0) is 34.5 Å². The molecule has 2 aliphatic rings. The molecule has 1 saturated heterocycles. The molecule has 2 aliphatic heterocycles. The minimum absolute atomic E-state index is 0.264. The molecular formula is C22H24FN5O3S. The maximum Gasteiger partial charge on any atom is 0.243 e. The zero-order valence-corrected chi connectivity index (χ0v) is 18.3. The van der Waals surface area contributed by atoms with Crippen molar-refractivity contribution in [1.29, 1.82) is 0 Å². The number of benzene rings is 2. The lowest BCUT2D eigenvalue weighted by Gasteiger charge is -2.33. The quantitative estimate of drug-likeness (QED) is 0.584. The van der Waals surface area contributed by atoms with Crippen LogP contribution in [0.1, 0.15) is 23.1 Å². The lowest BCUT2D eigenvalue weighted by molar-refractivity contribution is -0.00232. The number of fused-ring (bicyclic) bond motifs is 1. The molecule has 0 radical (unpaired) electrons. The Kier molecular flexibility index (Phi) is 5.76. The Balaban J connectivity index is 1.21. The molecule has 10 heteroatoms. The van der Waals surface area contributed by atoms with Gasteiger partial charge in [-0.05, 0) is 29.8 Å². The summed E-state index contributed by atoms with van der Waals surface area (Å²) in [6.45, 7) is 3.51. The zero-order chi connectivity index (χ0) is 22.1. The van der Waals surface area contributed by atoms with Crippen molar-refractivity contribution >= 4 is 10.0 Å². The first-order valence-corrected chi connectivity index (χ1v) is 12.0. The molecule has 0 spiro atoms. The molecule has 2 aromatic carbocycles. The largest absolute Gasteiger partial charge is 0.365 e. The molecule has 3 aromatic rings. The average molecular weight is 458 g/mol. The van der Waals surface area contributed by atoms with E-state index < -0.39 is 10.0 Å². The first kappa shape index (κ1) is 21.2. The number of hydrogen-bond donors (Lipinski definition) is 0. The van der Waals surface area contributed by atoms with Crippen LogP contribution in [0.25, 0.3) is 0 Å². The second kappa shape index (κ2) is 8.70. The Labute approximate surface area is 186 Å². The summed E-state index contributed by atoms with van der Waals surface area (Å²) in [6.07, 6.45) is -0.264. The molecule has 1 aromatic heterocycles. The first-order valence-electron chi connectivity index (χ1n) is 10.6. The molecule has 5 rings (SSSR count). The van der Waals surface area contributed by atoms with E-state index in [9.17, 15) is 12.8 Å². The van der Waals surface area contributed by atoms with Crippen molar-refractivity contribution in [1.82, 2.24) is 24.2 Å². The second-order valence-corrected chi connectivity index (χ2v) is 9.95.